The summed E-state index contributed by atoms with van der Waals surface area (Å²) in [6.45, 7) is 10.8. The molecule has 0 unspecified atom stereocenters. The third kappa shape index (κ3) is 6.20. The molecule has 0 nitrogen and oxygen atoms in total. The fourth-order valence-corrected chi connectivity index (χ4v) is 4.08. The lowest BCUT2D eigenvalue weighted by molar-refractivity contribution is 0.355. The third-order valence-electron chi connectivity index (χ3n) is 4.20. The maximum atomic E-state index is 3.83. The van der Waals surface area contributed by atoms with Crippen molar-refractivity contribution in [1.82, 2.24) is 0 Å². The zero-order valence-corrected chi connectivity index (χ0v) is 16.2. The van der Waals surface area contributed by atoms with Gasteiger partial charge >= 0.3 is 0 Å². The molecule has 0 aromatic heterocycles. The van der Waals surface area contributed by atoms with Crippen molar-refractivity contribution in [2.24, 2.45) is 5.41 Å². The molecule has 0 bridgehead atoms. The molecule has 1 aromatic rings. The zero-order valence-electron chi connectivity index (χ0n) is 15.3. The Hall–Kier alpha value is -1.47. The first kappa shape index (κ1) is 18.9. The van der Waals surface area contributed by atoms with Gasteiger partial charge in [0, 0.05) is 4.90 Å². The summed E-state index contributed by atoms with van der Waals surface area (Å²) in [7, 11) is 0. The summed E-state index contributed by atoms with van der Waals surface area (Å²) in [5, 5.41) is 0. The van der Waals surface area contributed by atoms with Crippen molar-refractivity contribution in [3.05, 3.63) is 71.9 Å². The zero-order chi connectivity index (χ0) is 17.4. The molecule has 2 rings (SSSR count). The number of thioether (sulfide) groups is 1. The van der Waals surface area contributed by atoms with Crippen LogP contribution in [0, 0.1) is 5.41 Å². The second-order valence-electron chi connectivity index (χ2n) is 7.32. The van der Waals surface area contributed by atoms with E-state index in [0.29, 0.717) is 5.41 Å². The molecule has 0 saturated heterocycles. The summed E-state index contributed by atoms with van der Waals surface area (Å²) in [5.74, 6) is 1.21. The highest BCUT2D eigenvalue weighted by Gasteiger charge is 2.24. The number of hydrogen-bond donors (Lipinski definition) is 0. The van der Waals surface area contributed by atoms with E-state index in [1.54, 1.807) is 0 Å². The van der Waals surface area contributed by atoms with Gasteiger partial charge in [-0.05, 0) is 59.3 Å². The third-order valence-corrected chi connectivity index (χ3v) is 5.30. The maximum Gasteiger partial charge on any atom is 0.00723 e. The molecule has 0 fully saturated rings. The van der Waals surface area contributed by atoms with E-state index >= 15 is 0 Å². The average Bonchev–Trinajstić information content (AvgIpc) is 2.53. The molecule has 0 atom stereocenters. The summed E-state index contributed by atoms with van der Waals surface area (Å²) in [5.41, 5.74) is 4.38. The molecule has 1 heteroatoms. The summed E-state index contributed by atoms with van der Waals surface area (Å²) < 4.78 is 0. The quantitative estimate of drug-likeness (QED) is 0.367. The van der Waals surface area contributed by atoms with Gasteiger partial charge in [-0.1, -0.05) is 76.3 Å². The number of unbranched alkanes of at least 4 members (excludes halogenated alkanes) is 1. The monoisotopic (exact) mass is 338 g/mol. The van der Waals surface area contributed by atoms with Crippen molar-refractivity contribution in [3.63, 3.8) is 0 Å². The first-order valence-electron chi connectivity index (χ1n) is 8.95. The van der Waals surface area contributed by atoms with Crippen LogP contribution in [0.25, 0.3) is 6.08 Å². The fourth-order valence-electron chi connectivity index (χ4n) is 3.09. The molecular formula is C23H30S. The largest absolute Gasteiger partial charge is 0.126 e. The van der Waals surface area contributed by atoms with Crippen LogP contribution in [0.1, 0.15) is 52.0 Å². The van der Waals surface area contributed by atoms with Crippen LogP contribution in [0.5, 0.6) is 0 Å². The smallest absolute Gasteiger partial charge is 0.00723 e. The average molecular weight is 339 g/mol. The van der Waals surface area contributed by atoms with Gasteiger partial charge in [-0.3, -0.25) is 0 Å². The van der Waals surface area contributed by atoms with E-state index < -0.39 is 0 Å². The van der Waals surface area contributed by atoms with E-state index in [-0.39, 0.29) is 0 Å². The number of rotatable bonds is 7. The molecular weight excluding hydrogens is 308 g/mol. The van der Waals surface area contributed by atoms with Gasteiger partial charge in [-0.25, -0.2) is 0 Å². The summed E-state index contributed by atoms with van der Waals surface area (Å²) in [6, 6.07) is 8.92. The predicted octanol–water partition coefficient (Wildman–Crippen LogP) is 7.45. The molecule has 0 N–H and O–H groups in total. The molecule has 0 aliphatic heterocycles. The normalized spacial score (nSPS) is 18.8. The van der Waals surface area contributed by atoms with Crippen molar-refractivity contribution in [1.29, 1.82) is 0 Å². The summed E-state index contributed by atoms with van der Waals surface area (Å²) in [6.07, 6.45) is 15.7. The molecule has 1 aliphatic rings. The van der Waals surface area contributed by atoms with Crippen molar-refractivity contribution < 1.29 is 0 Å². The molecule has 24 heavy (non-hydrogen) atoms. The highest BCUT2D eigenvalue weighted by Crippen LogP contribution is 2.38. The standard InChI is InChI=1S/C23H30S/c1-5-7-15-24-22-13-11-19(12-14-22)9-10-21-16-20(8-6-2)17-23(3,4)18-21/h6,8-14,16H,2,5,7,15,17-18H2,1,3-4H3/b10-9+,20-8-. The molecule has 1 aliphatic carbocycles. The van der Waals surface area contributed by atoms with Crippen molar-refractivity contribution in [2.45, 2.75) is 51.3 Å². The van der Waals surface area contributed by atoms with Gasteiger partial charge in [0.25, 0.3) is 0 Å². The molecule has 0 spiro atoms. The first-order valence-corrected chi connectivity index (χ1v) is 9.94. The number of benzene rings is 1. The van der Waals surface area contributed by atoms with Gasteiger partial charge in [0.2, 0.25) is 0 Å². The van der Waals surface area contributed by atoms with Gasteiger partial charge in [-0.15, -0.1) is 11.8 Å². The minimum absolute atomic E-state index is 0.322. The van der Waals surface area contributed by atoms with Gasteiger partial charge in [-0.2, -0.15) is 0 Å². The van der Waals surface area contributed by atoms with Crippen LogP contribution in [0.3, 0.4) is 0 Å². The Bertz CT molecular complexity index is 627. The van der Waals surface area contributed by atoms with Crippen LogP contribution in [-0.2, 0) is 0 Å². The second kappa shape index (κ2) is 9.13. The van der Waals surface area contributed by atoms with E-state index in [4.69, 9.17) is 0 Å². The van der Waals surface area contributed by atoms with E-state index in [0.717, 1.165) is 12.8 Å². The van der Waals surface area contributed by atoms with Crippen LogP contribution < -0.4 is 0 Å². The Morgan fingerprint density at radius 3 is 2.54 bits per heavy atom. The predicted molar refractivity (Wildman–Crippen MR) is 110 cm³/mol. The molecule has 0 heterocycles. The van der Waals surface area contributed by atoms with E-state index in [1.807, 2.05) is 17.8 Å². The van der Waals surface area contributed by atoms with E-state index in [1.165, 1.54) is 40.2 Å². The highest BCUT2D eigenvalue weighted by atomic mass is 32.2. The summed E-state index contributed by atoms with van der Waals surface area (Å²) >= 11 is 1.95. The Balaban J connectivity index is 2.04. The molecule has 1 aromatic carbocycles. The Labute approximate surface area is 152 Å². The second-order valence-corrected chi connectivity index (χ2v) is 8.49. The van der Waals surface area contributed by atoms with Gasteiger partial charge in [0.15, 0.2) is 0 Å². The number of hydrogen-bond acceptors (Lipinski definition) is 1. The molecule has 0 radical (unpaired) electrons. The minimum Gasteiger partial charge on any atom is -0.126 e. The number of allylic oxidation sites excluding steroid dienone is 6. The van der Waals surface area contributed by atoms with Crippen molar-refractivity contribution in [3.8, 4) is 0 Å². The lowest BCUT2D eigenvalue weighted by atomic mass is 9.75. The fraction of sp³-hybridized carbons (Fsp3) is 0.391. The molecule has 0 amide bonds. The Morgan fingerprint density at radius 2 is 1.88 bits per heavy atom. The van der Waals surface area contributed by atoms with E-state index in [9.17, 15) is 0 Å². The highest BCUT2D eigenvalue weighted by molar-refractivity contribution is 7.99. The SMILES string of the molecule is C=C/C=C1C=C(/C=C/c2ccc(SCCCC)cc2)CC(C)(C)C/1. The van der Waals surface area contributed by atoms with Crippen LogP contribution in [-0.4, -0.2) is 5.75 Å². The minimum atomic E-state index is 0.322. The Morgan fingerprint density at radius 1 is 1.12 bits per heavy atom. The van der Waals surface area contributed by atoms with Crippen molar-refractivity contribution >= 4 is 17.8 Å². The van der Waals surface area contributed by atoms with Crippen molar-refractivity contribution in [2.75, 3.05) is 5.75 Å². The Kier molecular flexibility index (Phi) is 7.17. The first-order chi connectivity index (χ1) is 11.5. The molecule has 0 saturated carbocycles. The lowest BCUT2D eigenvalue weighted by Gasteiger charge is -2.30. The van der Waals surface area contributed by atoms with Crippen LogP contribution >= 0.6 is 11.8 Å². The van der Waals surface area contributed by atoms with Gasteiger partial charge < -0.3 is 0 Å². The van der Waals surface area contributed by atoms with E-state index in [2.05, 4.69) is 75.9 Å². The van der Waals surface area contributed by atoms with Crippen LogP contribution in [0.2, 0.25) is 0 Å². The molecule has 128 valence electrons. The summed E-state index contributed by atoms with van der Waals surface area (Å²) in [4.78, 5) is 1.37. The van der Waals surface area contributed by atoms with Gasteiger partial charge in [0.1, 0.15) is 0 Å². The maximum absolute atomic E-state index is 3.83. The van der Waals surface area contributed by atoms with Crippen LogP contribution in [0.4, 0.5) is 0 Å². The van der Waals surface area contributed by atoms with Crippen LogP contribution in [0.15, 0.2) is 71.2 Å². The topological polar surface area (TPSA) is 0 Å². The van der Waals surface area contributed by atoms with Gasteiger partial charge in [0.05, 0.1) is 0 Å². The lowest BCUT2D eigenvalue weighted by Crippen LogP contribution is -2.16.